The second kappa shape index (κ2) is 10.9. The monoisotopic (exact) mass is 476 g/mol. The summed E-state index contributed by atoms with van der Waals surface area (Å²) in [7, 11) is 0. The van der Waals surface area contributed by atoms with Crippen molar-refractivity contribution in [1.29, 1.82) is 0 Å². The van der Waals surface area contributed by atoms with Crippen molar-refractivity contribution in [3.05, 3.63) is 118 Å². The van der Waals surface area contributed by atoms with E-state index < -0.39 is 23.3 Å². The molecule has 0 unspecified atom stereocenters. The topological polar surface area (TPSA) is 0 Å². The number of benzene rings is 4. The molecule has 0 N–H and O–H groups in total. The van der Waals surface area contributed by atoms with Gasteiger partial charge in [0.05, 0.1) is 0 Å². The van der Waals surface area contributed by atoms with Crippen molar-refractivity contribution in [3.8, 4) is 22.3 Å². The minimum atomic E-state index is -0.842. The van der Waals surface area contributed by atoms with E-state index in [1.165, 1.54) is 0 Å². The van der Waals surface area contributed by atoms with Crippen molar-refractivity contribution >= 4 is 0 Å². The highest BCUT2D eigenvalue weighted by Gasteiger charge is 2.16. The lowest BCUT2D eigenvalue weighted by Crippen LogP contribution is -2.00. The number of aryl methyl sites for hydroxylation is 4. The maximum Gasteiger partial charge on any atom is 0.166 e. The van der Waals surface area contributed by atoms with Gasteiger partial charge in [-0.2, -0.15) is 0 Å². The zero-order chi connectivity index (χ0) is 24.9. The largest absolute Gasteiger partial charge is 0.203 e. The highest BCUT2D eigenvalue weighted by Crippen LogP contribution is 2.29. The van der Waals surface area contributed by atoms with Crippen LogP contribution in [-0.2, 0) is 25.7 Å². The molecule has 0 atom stereocenters. The van der Waals surface area contributed by atoms with Gasteiger partial charge in [-0.05, 0) is 59.1 Å². The van der Waals surface area contributed by atoms with Crippen molar-refractivity contribution in [3.63, 3.8) is 0 Å². The van der Waals surface area contributed by atoms with Crippen LogP contribution in [0.3, 0.4) is 0 Å². The zero-order valence-corrected chi connectivity index (χ0v) is 20.0. The molecule has 0 radical (unpaired) electrons. The third-order valence-electron chi connectivity index (χ3n) is 6.47. The molecule has 0 aliphatic heterocycles. The van der Waals surface area contributed by atoms with Gasteiger partial charge in [-0.3, -0.25) is 0 Å². The second-order valence-corrected chi connectivity index (χ2v) is 8.80. The Morgan fingerprint density at radius 3 is 1.37 bits per heavy atom. The van der Waals surface area contributed by atoms with Gasteiger partial charge in [0, 0.05) is 11.1 Å². The molecule has 0 fully saturated rings. The minimum absolute atomic E-state index is 0.213. The first-order chi connectivity index (χ1) is 16.9. The van der Waals surface area contributed by atoms with Gasteiger partial charge < -0.3 is 0 Å². The molecule has 0 heterocycles. The average molecular weight is 477 g/mol. The third kappa shape index (κ3) is 5.32. The molecule has 0 aliphatic carbocycles. The fourth-order valence-corrected chi connectivity index (χ4v) is 4.33. The summed E-state index contributed by atoms with van der Waals surface area (Å²) in [5.74, 6) is -3.31. The van der Waals surface area contributed by atoms with Crippen LogP contribution in [0.5, 0.6) is 0 Å². The van der Waals surface area contributed by atoms with E-state index in [1.54, 1.807) is 36.4 Å². The van der Waals surface area contributed by atoms with Gasteiger partial charge in [-0.25, -0.2) is 17.6 Å². The third-order valence-corrected chi connectivity index (χ3v) is 6.47. The van der Waals surface area contributed by atoms with Crippen LogP contribution in [-0.4, -0.2) is 0 Å². The molecule has 4 aromatic rings. The van der Waals surface area contributed by atoms with Crippen LogP contribution in [0.15, 0.2) is 72.8 Å². The summed E-state index contributed by atoms with van der Waals surface area (Å²) in [6, 6.07) is 21.0. The summed E-state index contributed by atoms with van der Waals surface area (Å²) < 4.78 is 58.5. The van der Waals surface area contributed by atoms with Crippen molar-refractivity contribution < 1.29 is 17.6 Å². The standard InChI is InChI=1S/C31H28F4/c1-3-5-24-16-18-26(30(34)28(24)32)23-13-8-21(9-14-23)10-15-25-17-19-27(31(35)29(25)33)22-11-6-20(4-2)7-12-22/h6-9,11-14,16-19H,3-5,10,15H2,1-2H3. The molecule has 0 nitrogen and oxygen atoms in total. The number of hydrogen-bond acceptors (Lipinski definition) is 0. The highest BCUT2D eigenvalue weighted by molar-refractivity contribution is 5.66. The Bertz CT molecular complexity index is 1310. The van der Waals surface area contributed by atoms with Crippen LogP contribution in [0.1, 0.15) is 42.5 Å². The zero-order valence-electron chi connectivity index (χ0n) is 20.0. The molecular weight excluding hydrogens is 448 g/mol. The van der Waals surface area contributed by atoms with Gasteiger partial charge in [0.1, 0.15) is 0 Å². The van der Waals surface area contributed by atoms with Crippen LogP contribution in [0.4, 0.5) is 17.6 Å². The van der Waals surface area contributed by atoms with E-state index in [0.717, 1.165) is 24.0 Å². The SMILES string of the molecule is CCCc1ccc(-c2ccc(CCc3ccc(-c4ccc(CC)cc4)c(F)c3F)cc2)c(F)c1F. The summed E-state index contributed by atoms with van der Waals surface area (Å²) in [5.41, 5.74) is 4.40. The van der Waals surface area contributed by atoms with Crippen molar-refractivity contribution in [2.24, 2.45) is 0 Å². The van der Waals surface area contributed by atoms with E-state index in [9.17, 15) is 17.6 Å². The molecule has 0 bridgehead atoms. The summed E-state index contributed by atoms with van der Waals surface area (Å²) in [5, 5.41) is 0. The summed E-state index contributed by atoms with van der Waals surface area (Å²) >= 11 is 0. The van der Waals surface area contributed by atoms with Crippen LogP contribution >= 0.6 is 0 Å². The van der Waals surface area contributed by atoms with Crippen LogP contribution in [0, 0.1) is 23.3 Å². The lowest BCUT2D eigenvalue weighted by Gasteiger charge is -2.11. The Morgan fingerprint density at radius 1 is 0.457 bits per heavy atom. The van der Waals surface area contributed by atoms with Crippen LogP contribution in [0.2, 0.25) is 0 Å². The fraction of sp³-hybridized carbons (Fsp3) is 0.226. The fourth-order valence-electron chi connectivity index (χ4n) is 4.33. The quantitative estimate of drug-likeness (QED) is 0.223. The van der Waals surface area contributed by atoms with E-state index in [4.69, 9.17) is 0 Å². The van der Waals surface area contributed by atoms with Gasteiger partial charge in [0.25, 0.3) is 0 Å². The first-order valence-corrected chi connectivity index (χ1v) is 12.0. The van der Waals surface area contributed by atoms with E-state index >= 15 is 0 Å². The van der Waals surface area contributed by atoms with Gasteiger partial charge in [-0.15, -0.1) is 0 Å². The molecule has 4 rings (SSSR count). The lowest BCUT2D eigenvalue weighted by atomic mass is 9.96. The molecule has 0 saturated heterocycles. The number of hydrogen-bond donors (Lipinski definition) is 0. The molecule has 4 heteroatoms. The molecule has 0 spiro atoms. The first-order valence-electron chi connectivity index (χ1n) is 12.0. The Balaban J connectivity index is 1.47. The van der Waals surface area contributed by atoms with Gasteiger partial charge in [0.15, 0.2) is 23.3 Å². The smallest absolute Gasteiger partial charge is 0.166 e. The van der Waals surface area contributed by atoms with Crippen molar-refractivity contribution in [2.45, 2.75) is 46.0 Å². The first kappa shape index (κ1) is 24.7. The normalized spacial score (nSPS) is 11.1. The van der Waals surface area contributed by atoms with E-state index in [-0.39, 0.29) is 11.1 Å². The average Bonchev–Trinajstić information content (AvgIpc) is 2.88. The van der Waals surface area contributed by atoms with Crippen LogP contribution < -0.4 is 0 Å². The van der Waals surface area contributed by atoms with Gasteiger partial charge in [-0.1, -0.05) is 93.1 Å². The van der Waals surface area contributed by atoms with Gasteiger partial charge >= 0.3 is 0 Å². The number of halogens is 4. The molecular formula is C31H28F4. The van der Waals surface area contributed by atoms with E-state index in [0.29, 0.717) is 41.5 Å². The Kier molecular flexibility index (Phi) is 7.70. The summed E-state index contributed by atoms with van der Waals surface area (Å²) in [6.07, 6.45) is 2.93. The van der Waals surface area contributed by atoms with Crippen molar-refractivity contribution in [1.82, 2.24) is 0 Å². The molecule has 0 aromatic heterocycles. The highest BCUT2D eigenvalue weighted by atomic mass is 19.2. The molecule has 0 aliphatic rings. The Hall–Kier alpha value is -3.40. The summed E-state index contributed by atoms with van der Waals surface area (Å²) in [6.45, 7) is 3.96. The molecule has 4 aromatic carbocycles. The molecule has 0 amide bonds. The predicted molar refractivity (Wildman–Crippen MR) is 134 cm³/mol. The maximum atomic E-state index is 14.8. The van der Waals surface area contributed by atoms with E-state index in [1.807, 2.05) is 50.2 Å². The molecule has 0 saturated carbocycles. The van der Waals surface area contributed by atoms with Gasteiger partial charge in [0.2, 0.25) is 0 Å². The Morgan fingerprint density at radius 2 is 0.914 bits per heavy atom. The lowest BCUT2D eigenvalue weighted by molar-refractivity contribution is 0.500. The molecule has 180 valence electrons. The summed E-state index contributed by atoms with van der Waals surface area (Å²) in [4.78, 5) is 0. The molecule has 35 heavy (non-hydrogen) atoms. The van der Waals surface area contributed by atoms with E-state index in [2.05, 4.69) is 0 Å². The van der Waals surface area contributed by atoms with Crippen LogP contribution in [0.25, 0.3) is 22.3 Å². The Labute approximate surface area is 204 Å². The minimum Gasteiger partial charge on any atom is -0.203 e. The maximum absolute atomic E-state index is 14.8. The predicted octanol–water partition coefficient (Wildman–Crippen LogP) is 8.88. The van der Waals surface area contributed by atoms with Crippen molar-refractivity contribution in [2.75, 3.05) is 0 Å². The number of rotatable bonds is 8. The second-order valence-electron chi connectivity index (χ2n) is 8.80.